The highest BCUT2D eigenvalue weighted by Crippen LogP contribution is 2.27. The van der Waals surface area contributed by atoms with Crippen LogP contribution >= 0.6 is 11.3 Å². The molecule has 0 aliphatic heterocycles. The molecule has 0 saturated heterocycles. The highest BCUT2D eigenvalue weighted by Gasteiger charge is 2.09. The number of nitrogens with zero attached hydrogens (tertiary/aromatic N) is 1. The van der Waals surface area contributed by atoms with Crippen molar-refractivity contribution in [3.8, 4) is 10.6 Å². The Kier molecular flexibility index (Phi) is 3.03. The van der Waals surface area contributed by atoms with Gasteiger partial charge in [-0.15, -0.1) is 11.3 Å². The molecule has 1 N–H and O–H groups in total. The van der Waals surface area contributed by atoms with Crippen LogP contribution in [0.3, 0.4) is 0 Å². The van der Waals surface area contributed by atoms with E-state index < -0.39 is 6.10 Å². The van der Waals surface area contributed by atoms with E-state index in [-0.39, 0.29) is 5.82 Å². The maximum Gasteiger partial charge on any atom is 0.126 e. The first-order chi connectivity index (χ1) is 7.58. The number of benzene rings is 1. The third-order valence-corrected chi connectivity index (χ3v) is 3.28. The molecule has 0 fully saturated rings. The Morgan fingerprint density at radius 2 is 2.19 bits per heavy atom. The van der Waals surface area contributed by atoms with E-state index >= 15 is 0 Å². The lowest BCUT2D eigenvalue weighted by Gasteiger charge is -2.00. The number of aliphatic hydroxyl groups excluding tert-OH is 1. The summed E-state index contributed by atoms with van der Waals surface area (Å²) in [6, 6.07) is 5.04. The van der Waals surface area contributed by atoms with Crippen LogP contribution in [0.25, 0.3) is 10.6 Å². The minimum atomic E-state index is -0.583. The van der Waals surface area contributed by atoms with Gasteiger partial charge < -0.3 is 5.11 Å². The van der Waals surface area contributed by atoms with Gasteiger partial charge >= 0.3 is 0 Å². The summed E-state index contributed by atoms with van der Waals surface area (Å²) in [5.74, 6) is -0.230. The Morgan fingerprint density at radius 3 is 2.75 bits per heavy atom. The predicted molar refractivity (Wildman–Crippen MR) is 62.9 cm³/mol. The van der Waals surface area contributed by atoms with Crippen molar-refractivity contribution in [1.82, 2.24) is 4.98 Å². The molecule has 0 saturated carbocycles. The second-order valence-corrected chi connectivity index (χ2v) is 4.58. The number of thiazole rings is 1. The highest BCUT2D eigenvalue weighted by atomic mass is 32.1. The molecule has 1 aromatic heterocycles. The van der Waals surface area contributed by atoms with Gasteiger partial charge in [0.05, 0.1) is 11.8 Å². The van der Waals surface area contributed by atoms with E-state index in [2.05, 4.69) is 4.98 Å². The van der Waals surface area contributed by atoms with Crippen molar-refractivity contribution < 1.29 is 9.50 Å². The second-order valence-electron chi connectivity index (χ2n) is 3.72. The molecule has 4 heteroatoms. The smallest absolute Gasteiger partial charge is 0.126 e. The van der Waals surface area contributed by atoms with Gasteiger partial charge in [-0.05, 0) is 25.5 Å². The zero-order valence-corrected chi connectivity index (χ0v) is 9.88. The van der Waals surface area contributed by atoms with Gasteiger partial charge in [0.2, 0.25) is 0 Å². The van der Waals surface area contributed by atoms with Gasteiger partial charge in [-0.25, -0.2) is 9.37 Å². The van der Waals surface area contributed by atoms with E-state index in [1.165, 1.54) is 17.4 Å². The van der Waals surface area contributed by atoms with Gasteiger partial charge in [0.25, 0.3) is 0 Å². The summed E-state index contributed by atoms with van der Waals surface area (Å²) in [6.07, 6.45) is -0.583. The third-order valence-electron chi connectivity index (χ3n) is 2.37. The van der Waals surface area contributed by atoms with Crippen molar-refractivity contribution in [2.24, 2.45) is 0 Å². The van der Waals surface area contributed by atoms with E-state index in [1.807, 2.05) is 6.07 Å². The number of aryl methyl sites for hydroxylation is 1. The number of hydrogen-bond acceptors (Lipinski definition) is 3. The van der Waals surface area contributed by atoms with Crippen LogP contribution in [-0.2, 0) is 0 Å². The lowest BCUT2D eigenvalue weighted by molar-refractivity contribution is 0.195. The van der Waals surface area contributed by atoms with Crippen LogP contribution in [0.15, 0.2) is 23.6 Å². The lowest BCUT2D eigenvalue weighted by atomic mass is 10.1. The van der Waals surface area contributed by atoms with E-state index in [9.17, 15) is 9.50 Å². The average molecular weight is 237 g/mol. The van der Waals surface area contributed by atoms with E-state index in [0.717, 1.165) is 10.6 Å². The molecule has 1 heterocycles. The van der Waals surface area contributed by atoms with Gasteiger partial charge in [-0.2, -0.15) is 0 Å². The van der Waals surface area contributed by atoms with Crippen LogP contribution < -0.4 is 0 Å². The molecule has 1 aromatic carbocycles. The normalized spacial score (nSPS) is 12.8. The van der Waals surface area contributed by atoms with Crippen LogP contribution in [-0.4, -0.2) is 10.1 Å². The fourth-order valence-electron chi connectivity index (χ4n) is 1.34. The number of aromatic nitrogens is 1. The molecule has 0 amide bonds. The Bertz CT molecular complexity index is 507. The molecule has 0 aliphatic carbocycles. The maximum atomic E-state index is 13.4. The molecule has 2 nitrogen and oxygen atoms in total. The molecule has 0 bridgehead atoms. The Balaban J connectivity index is 2.39. The molecule has 0 spiro atoms. The minimum Gasteiger partial charge on any atom is -0.387 e. The predicted octanol–water partition coefficient (Wildman–Crippen LogP) is 3.31. The van der Waals surface area contributed by atoms with Crippen LogP contribution in [0.5, 0.6) is 0 Å². The second kappa shape index (κ2) is 4.31. The molecule has 2 rings (SSSR count). The van der Waals surface area contributed by atoms with Crippen molar-refractivity contribution in [2.75, 3.05) is 0 Å². The van der Waals surface area contributed by atoms with Crippen molar-refractivity contribution in [1.29, 1.82) is 0 Å². The summed E-state index contributed by atoms with van der Waals surface area (Å²) in [5.41, 5.74) is 2.00. The first-order valence-corrected chi connectivity index (χ1v) is 5.86. The molecule has 2 aromatic rings. The summed E-state index contributed by atoms with van der Waals surface area (Å²) in [6.45, 7) is 3.39. The molecule has 0 radical (unpaired) electrons. The molecular weight excluding hydrogens is 225 g/mol. The first-order valence-electron chi connectivity index (χ1n) is 4.98. The first kappa shape index (κ1) is 11.2. The van der Waals surface area contributed by atoms with Gasteiger partial charge in [0.1, 0.15) is 10.8 Å². The summed E-state index contributed by atoms with van der Waals surface area (Å²) < 4.78 is 13.4. The van der Waals surface area contributed by atoms with E-state index in [1.54, 1.807) is 25.3 Å². The van der Waals surface area contributed by atoms with Crippen molar-refractivity contribution in [2.45, 2.75) is 20.0 Å². The standard InChI is InChI=1S/C12H12FNOS/c1-7-3-4-9(5-10(7)13)12-14-11(6-16-12)8(2)15/h3-6,8,15H,1-2H3. The zero-order valence-electron chi connectivity index (χ0n) is 9.07. The monoisotopic (exact) mass is 237 g/mol. The Hall–Kier alpha value is -1.26. The summed E-state index contributed by atoms with van der Waals surface area (Å²) in [4.78, 5) is 4.25. The fraction of sp³-hybridized carbons (Fsp3) is 0.250. The zero-order chi connectivity index (χ0) is 11.7. The minimum absolute atomic E-state index is 0.230. The number of halogens is 1. The Labute approximate surface area is 97.4 Å². The average Bonchev–Trinajstić information content (AvgIpc) is 2.71. The molecule has 1 atom stereocenters. The summed E-state index contributed by atoms with van der Waals surface area (Å²) in [5, 5.41) is 11.9. The van der Waals surface area contributed by atoms with E-state index in [0.29, 0.717) is 11.3 Å². The van der Waals surface area contributed by atoms with Crippen LogP contribution in [0.1, 0.15) is 24.3 Å². The van der Waals surface area contributed by atoms with Crippen molar-refractivity contribution >= 4 is 11.3 Å². The van der Waals surface area contributed by atoms with Gasteiger partial charge in [-0.1, -0.05) is 12.1 Å². The van der Waals surface area contributed by atoms with Crippen molar-refractivity contribution in [3.05, 3.63) is 40.7 Å². The molecule has 1 unspecified atom stereocenters. The van der Waals surface area contributed by atoms with Crippen LogP contribution in [0.4, 0.5) is 4.39 Å². The topological polar surface area (TPSA) is 33.1 Å². The maximum absolute atomic E-state index is 13.4. The van der Waals surface area contributed by atoms with Gasteiger partial charge in [-0.3, -0.25) is 0 Å². The third kappa shape index (κ3) is 2.13. The van der Waals surface area contributed by atoms with E-state index in [4.69, 9.17) is 0 Å². The molecule has 16 heavy (non-hydrogen) atoms. The summed E-state index contributed by atoms with van der Waals surface area (Å²) >= 11 is 1.41. The number of aliphatic hydroxyl groups is 1. The SMILES string of the molecule is Cc1ccc(-c2nc(C(C)O)cs2)cc1F. The van der Waals surface area contributed by atoms with Crippen LogP contribution in [0.2, 0.25) is 0 Å². The number of rotatable bonds is 2. The quantitative estimate of drug-likeness (QED) is 0.869. The lowest BCUT2D eigenvalue weighted by Crippen LogP contribution is -1.90. The van der Waals surface area contributed by atoms with Crippen molar-refractivity contribution in [3.63, 3.8) is 0 Å². The largest absolute Gasteiger partial charge is 0.387 e. The molecular formula is C12H12FNOS. The van der Waals surface area contributed by atoms with Gasteiger partial charge in [0, 0.05) is 10.9 Å². The highest BCUT2D eigenvalue weighted by molar-refractivity contribution is 7.13. The summed E-state index contributed by atoms with van der Waals surface area (Å²) in [7, 11) is 0. The van der Waals surface area contributed by atoms with Gasteiger partial charge in [0.15, 0.2) is 0 Å². The Morgan fingerprint density at radius 1 is 1.44 bits per heavy atom. The molecule has 84 valence electrons. The van der Waals surface area contributed by atoms with Crippen LogP contribution in [0, 0.1) is 12.7 Å². The molecule has 0 aliphatic rings. The fourth-order valence-corrected chi connectivity index (χ4v) is 2.24. The number of hydrogen-bond donors (Lipinski definition) is 1.